The first-order chi connectivity index (χ1) is 9.58. The van der Waals surface area contributed by atoms with Crippen molar-refractivity contribution in [3.05, 3.63) is 51.8 Å². The minimum Gasteiger partial charge on any atom is -0.271 e. The van der Waals surface area contributed by atoms with Gasteiger partial charge in [-0.2, -0.15) is 5.10 Å². The number of rotatable bonds is 5. The van der Waals surface area contributed by atoms with Crippen LogP contribution in [0.2, 0.25) is 0 Å². The molecule has 0 aliphatic rings. The van der Waals surface area contributed by atoms with Crippen molar-refractivity contribution < 1.29 is 8.78 Å². The van der Waals surface area contributed by atoms with E-state index in [1.54, 1.807) is 10.9 Å². The van der Waals surface area contributed by atoms with Gasteiger partial charge >= 0.3 is 0 Å². The molecular formula is C13H15BrF2N4. The van der Waals surface area contributed by atoms with Gasteiger partial charge in [-0.1, -0.05) is 6.07 Å². The molecule has 1 unspecified atom stereocenters. The lowest BCUT2D eigenvalue weighted by molar-refractivity contribution is 0.465. The van der Waals surface area contributed by atoms with Gasteiger partial charge in [-0.3, -0.25) is 16.0 Å². The molecule has 3 N–H and O–H groups in total. The lowest BCUT2D eigenvalue weighted by Gasteiger charge is -2.18. The molecule has 0 amide bonds. The second kappa shape index (κ2) is 6.43. The average Bonchev–Trinajstić information content (AvgIpc) is 2.80. The topological polar surface area (TPSA) is 55.9 Å². The van der Waals surface area contributed by atoms with Crippen LogP contribution in [0.15, 0.2) is 28.9 Å². The summed E-state index contributed by atoms with van der Waals surface area (Å²) in [5.41, 5.74) is 3.37. The van der Waals surface area contributed by atoms with Crippen LogP contribution in [0, 0.1) is 11.6 Å². The number of benzene rings is 1. The minimum atomic E-state index is -0.580. The van der Waals surface area contributed by atoms with Crippen LogP contribution in [0.3, 0.4) is 0 Å². The van der Waals surface area contributed by atoms with Gasteiger partial charge in [0, 0.05) is 18.5 Å². The van der Waals surface area contributed by atoms with Crippen LogP contribution in [-0.2, 0) is 13.0 Å². The van der Waals surface area contributed by atoms with Crippen LogP contribution in [0.25, 0.3) is 0 Å². The Morgan fingerprint density at radius 1 is 1.40 bits per heavy atom. The van der Waals surface area contributed by atoms with Crippen LogP contribution in [0.1, 0.15) is 24.2 Å². The third-order valence-electron chi connectivity index (χ3n) is 3.13. The largest absolute Gasteiger partial charge is 0.271 e. The van der Waals surface area contributed by atoms with Gasteiger partial charge in [0.05, 0.1) is 22.4 Å². The summed E-state index contributed by atoms with van der Waals surface area (Å²) in [6.07, 6.45) is 1.74. The Morgan fingerprint density at radius 3 is 2.60 bits per heavy atom. The first-order valence-corrected chi connectivity index (χ1v) is 6.98. The summed E-state index contributed by atoms with van der Waals surface area (Å²) in [7, 11) is 0. The molecule has 1 heterocycles. The SMILES string of the molecule is CCn1ncc(Br)c1C(Cc1c(F)cccc1F)NN. The van der Waals surface area contributed by atoms with Crippen LogP contribution in [-0.4, -0.2) is 9.78 Å². The molecular weight excluding hydrogens is 330 g/mol. The standard InChI is InChI=1S/C13H15BrF2N4/c1-2-20-13(9(14)7-18-20)12(19-17)6-8-10(15)4-3-5-11(8)16/h3-5,7,12,19H,2,6,17H2,1H3. The van der Waals surface area contributed by atoms with E-state index in [4.69, 9.17) is 5.84 Å². The van der Waals surface area contributed by atoms with Crippen molar-refractivity contribution in [1.29, 1.82) is 0 Å². The Kier molecular flexibility index (Phi) is 4.85. The van der Waals surface area contributed by atoms with Gasteiger partial charge in [0.1, 0.15) is 11.6 Å². The normalized spacial score (nSPS) is 12.7. The lowest BCUT2D eigenvalue weighted by atomic mass is 10.0. The van der Waals surface area contributed by atoms with Crippen LogP contribution >= 0.6 is 15.9 Å². The maximum atomic E-state index is 13.7. The zero-order valence-corrected chi connectivity index (χ0v) is 12.5. The number of nitrogens with one attached hydrogen (secondary N) is 1. The number of hydrogen-bond acceptors (Lipinski definition) is 3. The molecule has 0 aliphatic heterocycles. The average molecular weight is 345 g/mol. The molecule has 4 nitrogen and oxygen atoms in total. The summed E-state index contributed by atoms with van der Waals surface area (Å²) in [6.45, 7) is 2.57. The highest BCUT2D eigenvalue weighted by Crippen LogP contribution is 2.27. The molecule has 2 rings (SSSR count). The zero-order chi connectivity index (χ0) is 14.7. The van der Waals surface area contributed by atoms with Crippen LogP contribution < -0.4 is 11.3 Å². The molecule has 0 saturated carbocycles. The van der Waals surface area contributed by atoms with E-state index in [9.17, 15) is 8.78 Å². The predicted octanol–water partition coefficient (Wildman–Crippen LogP) is 2.69. The Hall–Kier alpha value is -1.31. The second-order valence-electron chi connectivity index (χ2n) is 4.32. The van der Waals surface area contributed by atoms with Gasteiger partial charge < -0.3 is 0 Å². The van der Waals surface area contributed by atoms with Gasteiger partial charge in [-0.15, -0.1) is 0 Å². The zero-order valence-electron chi connectivity index (χ0n) is 10.9. The third-order valence-corrected chi connectivity index (χ3v) is 3.74. The fourth-order valence-corrected chi connectivity index (χ4v) is 2.71. The molecule has 1 atom stereocenters. The monoisotopic (exact) mass is 344 g/mol. The summed E-state index contributed by atoms with van der Waals surface area (Å²) in [6, 6.07) is 3.36. The number of nitrogens with two attached hydrogens (primary N) is 1. The van der Waals surface area contributed by atoms with Crippen molar-refractivity contribution in [2.75, 3.05) is 0 Å². The summed E-state index contributed by atoms with van der Waals surface area (Å²) in [4.78, 5) is 0. The van der Waals surface area contributed by atoms with Gasteiger partial charge in [-0.05, 0) is 35.0 Å². The van der Waals surface area contributed by atoms with Crippen molar-refractivity contribution in [2.24, 2.45) is 5.84 Å². The van der Waals surface area contributed by atoms with Crippen molar-refractivity contribution in [3.8, 4) is 0 Å². The van der Waals surface area contributed by atoms with E-state index in [2.05, 4.69) is 26.5 Å². The molecule has 7 heteroatoms. The quantitative estimate of drug-likeness (QED) is 0.647. The van der Waals surface area contributed by atoms with Gasteiger partial charge in [0.2, 0.25) is 0 Å². The van der Waals surface area contributed by atoms with Crippen molar-refractivity contribution >= 4 is 15.9 Å². The molecule has 0 bridgehead atoms. The van der Waals surface area contributed by atoms with Crippen LogP contribution in [0.4, 0.5) is 8.78 Å². The number of halogens is 3. The Bertz CT molecular complexity index is 580. The van der Waals surface area contributed by atoms with Gasteiger partial charge in [0.25, 0.3) is 0 Å². The fourth-order valence-electron chi connectivity index (χ4n) is 2.14. The van der Waals surface area contributed by atoms with Gasteiger partial charge in [0.15, 0.2) is 0 Å². The van der Waals surface area contributed by atoms with E-state index in [0.29, 0.717) is 6.54 Å². The number of nitrogens with zero attached hydrogens (tertiary/aromatic N) is 2. The molecule has 20 heavy (non-hydrogen) atoms. The highest BCUT2D eigenvalue weighted by molar-refractivity contribution is 9.10. The summed E-state index contributed by atoms with van der Waals surface area (Å²) >= 11 is 3.38. The first-order valence-electron chi connectivity index (χ1n) is 6.18. The lowest BCUT2D eigenvalue weighted by Crippen LogP contribution is -2.32. The van der Waals surface area contributed by atoms with Crippen molar-refractivity contribution in [2.45, 2.75) is 25.9 Å². The Balaban J connectivity index is 2.36. The second-order valence-corrected chi connectivity index (χ2v) is 5.17. The van der Waals surface area contributed by atoms with Gasteiger partial charge in [-0.25, -0.2) is 8.78 Å². The minimum absolute atomic E-state index is 0.00574. The summed E-state index contributed by atoms with van der Waals surface area (Å²) < 4.78 is 29.9. The van der Waals surface area contributed by atoms with E-state index in [-0.39, 0.29) is 12.0 Å². The molecule has 108 valence electrons. The van der Waals surface area contributed by atoms with Crippen LogP contribution in [0.5, 0.6) is 0 Å². The number of aromatic nitrogens is 2. The fraction of sp³-hybridized carbons (Fsp3) is 0.308. The smallest absolute Gasteiger partial charge is 0.129 e. The number of hydrogen-bond donors (Lipinski definition) is 2. The summed E-state index contributed by atoms with van der Waals surface area (Å²) in [5, 5.41) is 4.18. The maximum Gasteiger partial charge on any atom is 0.129 e. The molecule has 0 radical (unpaired) electrons. The molecule has 1 aromatic heterocycles. The molecule has 0 saturated heterocycles. The Morgan fingerprint density at radius 2 is 2.05 bits per heavy atom. The predicted molar refractivity (Wildman–Crippen MR) is 75.7 cm³/mol. The van der Waals surface area contributed by atoms with Crippen molar-refractivity contribution in [1.82, 2.24) is 15.2 Å². The number of hydrazine groups is 1. The molecule has 2 aromatic rings. The van der Waals surface area contributed by atoms with E-state index in [1.807, 2.05) is 6.92 Å². The van der Waals surface area contributed by atoms with Crippen molar-refractivity contribution in [3.63, 3.8) is 0 Å². The molecule has 1 aromatic carbocycles. The third kappa shape index (κ3) is 2.89. The molecule has 0 aliphatic carbocycles. The van der Waals surface area contributed by atoms with E-state index < -0.39 is 17.7 Å². The number of aryl methyl sites for hydroxylation is 1. The first kappa shape index (κ1) is 15.1. The maximum absolute atomic E-state index is 13.7. The summed E-state index contributed by atoms with van der Waals surface area (Å²) in [5.74, 6) is 4.39. The highest BCUT2D eigenvalue weighted by atomic mass is 79.9. The molecule has 0 fully saturated rings. The Labute approximate surface area is 124 Å². The van der Waals surface area contributed by atoms with E-state index >= 15 is 0 Å². The van der Waals surface area contributed by atoms with E-state index in [0.717, 1.165) is 10.2 Å². The molecule has 0 spiro atoms. The van der Waals surface area contributed by atoms with E-state index in [1.165, 1.54) is 18.2 Å². The highest BCUT2D eigenvalue weighted by Gasteiger charge is 2.22.